The van der Waals surface area contributed by atoms with Crippen molar-refractivity contribution >= 4 is 10.0 Å². The zero-order valence-electron chi connectivity index (χ0n) is 11.3. The molecule has 0 heterocycles. The van der Waals surface area contributed by atoms with Crippen LogP contribution >= 0.6 is 0 Å². The summed E-state index contributed by atoms with van der Waals surface area (Å²) in [6.07, 6.45) is 1.54. The van der Waals surface area contributed by atoms with E-state index in [0.717, 1.165) is 12.8 Å². The molecule has 2 N–H and O–H groups in total. The van der Waals surface area contributed by atoms with E-state index in [1.54, 1.807) is 32.2 Å². The Morgan fingerprint density at radius 1 is 1.32 bits per heavy atom. The Morgan fingerprint density at radius 3 is 2.68 bits per heavy atom. The molecular formula is C13H21NO4S. The van der Waals surface area contributed by atoms with Gasteiger partial charge in [-0.3, -0.25) is 0 Å². The Balaban J connectivity index is 2.72. The molecule has 0 radical (unpaired) electrons. The van der Waals surface area contributed by atoms with Gasteiger partial charge in [0.1, 0.15) is 0 Å². The minimum Gasteiger partial charge on any atom is -0.392 e. The number of unbranched alkanes of at least 4 members (excludes halogenated alkanes) is 1. The molecule has 0 aliphatic rings. The molecule has 0 spiro atoms. The fourth-order valence-corrected chi connectivity index (χ4v) is 3.14. The van der Waals surface area contributed by atoms with E-state index >= 15 is 0 Å². The van der Waals surface area contributed by atoms with Crippen LogP contribution in [0.25, 0.3) is 0 Å². The highest BCUT2D eigenvalue weighted by molar-refractivity contribution is 7.89. The molecule has 6 heteroatoms. The fourth-order valence-electron chi connectivity index (χ4n) is 1.78. The number of aliphatic hydroxyl groups is 1. The second-order valence-corrected chi connectivity index (χ2v) is 6.03. The molecule has 0 aromatic heterocycles. The molecular weight excluding hydrogens is 266 g/mol. The number of ether oxygens (including phenoxy) is 1. The number of methoxy groups -OCH3 is 1. The van der Waals surface area contributed by atoms with Gasteiger partial charge in [0.25, 0.3) is 0 Å². The van der Waals surface area contributed by atoms with E-state index in [1.807, 2.05) is 0 Å². The SMILES string of the molecule is COCCCCNS(=O)(=O)c1cccc(CO)c1C. The highest BCUT2D eigenvalue weighted by atomic mass is 32.2. The van der Waals surface area contributed by atoms with E-state index in [0.29, 0.717) is 24.3 Å². The zero-order chi connectivity index (χ0) is 14.3. The van der Waals surface area contributed by atoms with Crippen molar-refractivity contribution in [3.05, 3.63) is 29.3 Å². The van der Waals surface area contributed by atoms with E-state index < -0.39 is 10.0 Å². The van der Waals surface area contributed by atoms with Gasteiger partial charge in [0.05, 0.1) is 11.5 Å². The lowest BCUT2D eigenvalue weighted by molar-refractivity contribution is 0.193. The minimum absolute atomic E-state index is 0.164. The molecule has 19 heavy (non-hydrogen) atoms. The van der Waals surface area contributed by atoms with E-state index in [4.69, 9.17) is 9.84 Å². The van der Waals surface area contributed by atoms with E-state index in [2.05, 4.69) is 4.72 Å². The number of nitrogens with one attached hydrogen (secondary N) is 1. The normalized spacial score (nSPS) is 11.7. The zero-order valence-corrected chi connectivity index (χ0v) is 12.2. The smallest absolute Gasteiger partial charge is 0.240 e. The second-order valence-electron chi connectivity index (χ2n) is 4.30. The molecule has 0 saturated carbocycles. The highest BCUT2D eigenvalue weighted by Gasteiger charge is 2.17. The van der Waals surface area contributed by atoms with E-state index in [-0.39, 0.29) is 11.5 Å². The number of hydrogen-bond donors (Lipinski definition) is 2. The Bertz CT molecular complexity index is 499. The van der Waals surface area contributed by atoms with Gasteiger partial charge in [-0.15, -0.1) is 0 Å². The van der Waals surface area contributed by atoms with Crippen molar-refractivity contribution < 1.29 is 18.3 Å². The van der Waals surface area contributed by atoms with Crippen molar-refractivity contribution in [3.63, 3.8) is 0 Å². The Hall–Kier alpha value is -0.950. The molecule has 1 aromatic rings. The van der Waals surface area contributed by atoms with Gasteiger partial charge >= 0.3 is 0 Å². The van der Waals surface area contributed by atoms with E-state index in [1.165, 1.54) is 0 Å². The summed E-state index contributed by atoms with van der Waals surface area (Å²) < 4.78 is 31.7. The van der Waals surface area contributed by atoms with E-state index in [9.17, 15) is 8.42 Å². The lowest BCUT2D eigenvalue weighted by Crippen LogP contribution is -2.26. The molecule has 1 aromatic carbocycles. The second kappa shape index (κ2) is 7.59. The first kappa shape index (κ1) is 16.1. The first-order valence-corrected chi connectivity index (χ1v) is 7.69. The van der Waals surface area contributed by atoms with Crippen LogP contribution in [0.4, 0.5) is 0 Å². The number of benzene rings is 1. The van der Waals surface area contributed by atoms with Crippen LogP contribution < -0.4 is 4.72 Å². The minimum atomic E-state index is -3.51. The largest absolute Gasteiger partial charge is 0.392 e. The van der Waals surface area contributed by atoms with Gasteiger partial charge in [-0.1, -0.05) is 12.1 Å². The summed E-state index contributed by atoms with van der Waals surface area (Å²) in [5.74, 6) is 0. The molecule has 0 unspecified atom stereocenters. The molecule has 0 amide bonds. The van der Waals surface area contributed by atoms with Crippen molar-refractivity contribution in [3.8, 4) is 0 Å². The third-order valence-electron chi connectivity index (χ3n) is 2.92. The highest BCUT2D eigenvalue weighted by Crippen LogP contribution is 2.18. The Labute approximate surface area is 114 Å². The number of rotatable bonds is 8. The van der Waals surface area contributed by atoms with Gasteiger partial charge in [-0.25, -0.2) is 13.1 Å². The van der Waals surface area contributed by atoms with Crippen LogP contribution in [0, 0.1) is 6.92 Å². The third-order valence-corrected chi connectivity index (χ3v) is 4.53. The van der Waals surface area contributed by atoms with Gasteiger partial charge in [-0.05, 0) is 37.0 Å². The van der Waals surface area contributed by atoms with Crippen LogP contribution in [0.2, 0.25) is 0 Å². The molecule has 0 aliphatic heterocycles. The summed E-state index contributed by atoms with van der Waals surface area (Å²) in [5.41, 5.74) is 1.22. The van der Waals surface area contributed by atoms with Crippen LogP contribution in [0.3, 0.4) is 0 Å². The Morgan fingerprint density at radius 2 is 2.05 bits per heavy atom. The van der Waals surface area contributed by atoms with Crippen LogP contribution in [-0.4, -0.2) is 33.8 Å². The molecule has 108 valence electrons. The van der Waals surface area contributed by atoms with Crippen molar-refractivity contribution in [1.29, 1.82) is 0 Å². The summed E-state index contributed by atoms with van der Waals surface area (Å²) in [5, 5.41) is 9.15. The number of hydrogen-bond acceptors (Lipinski definition) is 4. The summed E-state index contributed by atoms with van der Waals surface area (Å²) in [6.45, 7) is 2.54. The molecule has 0 bridgehead atoms. The standard InChI is InChI=1S/C13H21NO4S/c1-11-12(10-15)6-5-7-13(11)19(16,17)14-8-3-4-9-18-2/h5-7,14-15H,3-4,8-10H2,1-2H3. The summed E-state index contributed by atoms with van der Waals surface area (Å²) >= 11 is 0. The fraction of sp³-hybridized carbons (Fsp3) is 0.538. The van der Waals surface area contributed by atoms with Crippen LogP contribution in [-0.2, 0) is 21.4 Å². The summed E-state index contributed by atoms with van der Waals surface area (Å²) in [7, 11) is -1.89. The monoisotopic (exact) mass is 287 g/mol. The first-order chi connectivity index (χ1) is 9.03. The van der Waals surface area contributed by atoms with Crippen molar-refractivity contribution in [2.45, 2.75) is 31.3 Å². The molecule has 0 atom stereocenters. The average molecular weight is 287 g/mol. The number of aliphatic hydroxyl groups excluding tert-OH is 1. The maximum absolute atomic E-state index is 12.1. The van der Waals surface area contributed by atoms with Gasteiger partial charge in [-0.2, -0.15) is 0 Å². The van der Waals surface area contributed by atoms with Gasteiger partial charge in [0.2, 0.25) is 10.0 Å². The van der Waals surface area contributed by atoms with Gasteiger partial charge in [0.15, 0.2) is 0 Å². The summed E-state index contributed by atoms with van der Waals surface area (Å²) in [4.78, 5) is 0.228. The Kier molecular flexibility index (Phi) is 6.44. The summed E-state index contributed by atoms with van der Waals surface area (Å²) in [6, 6.07) is 4.90. The van der Waals surface area contributed by atoms with Crippen molar-refractivity contribution in [2.75, 3.05) is 20.3 Å². The quantitative estimate of drug-likeness (QED) is 0.704. The van der Waals surface area contributed by atoms with Gasteiger partial charge < -0.3 is 9.84 Å². The molecule has 5 nitrogen and oxygen atoms in total. The number of sulfonamides is 1. The molecule has 1 rings (SSSR count). The van der Waals surface area contributed by atoms with Crippen molar-refractivity contribution in [1.82, 2.24) is 4.72 Å². The predicted octanol–water partition coefficient (Wildman–Crippen LogP) is 1.19. The molecule has 0 fully saturated rings. The maximum Gasteiger partial charge on any atom is 0.240 e. The van der Waals surface area contributed by atoms with Crippen LogP contribution in [0.1, 0.15) is 24.0 Å². The topological polar surface area (TPSA) is 75.6 Å². The third kappa shape index (κ3) is 4.58. The van der Waals surface area contributed by atoms with Crippen LogP contribution in [0.5, 0.6) is 0 Å². The molecule has 0 aliphatic carbocycles. The lowest BCUT2D eigenvalue weighted by atomic mass is 10.1. The lowest BCUT2D eigenvalue weighted by Gasteiger charge is -2.11. The molecule has 0 saturated heterocycles. The van der Waals surface area contributed by atoms with Gasteiger partial charge in [0, 0.05) is 20.3 Å². The maximum atomic E-state index is 12.1. The van der Waals surface area contributed by atoms with Crippen LogP contribution in [0.15, 0.2) is 23.1 Å². The first-order valence-electron chi connectivity index (χ1n) is 6.21. The average Bonchev–Trinajstić information content (AvgIpc) is 2.38. The van der Waals surface area contributed by atoms with Crippen molar-refractivity contribution in [2.24, 2.45) is 0 Å². The predicted molar refractivity (Wildman–Crippen MR) is 73.4 cm³/mol.